The third-order valence-corrected chi connectivity index (χ3v) is 5.17. The molecule has 108 valence electrons. The Bertz CT molecular complexity index is 238. The van der Waals surface area contributed by atoms with E-state index in [9.17, 15) is 0 Å². The lowest BCUT2D eigenvalue weighted by Gasteiger charge is -2.38. The third-order valence-electron chi connectivity index (χ3n) is 3.94. The number of hydrogen-bond acceptors (Lipinski definition) is 4. The first kappa shape index (κ1) is 16.3. The summed E-state index contributed by atoms with van der Waals surface area (Å²) in [6.07, 6.45) is 1.14. The molecule has 1 aliphatic rings. The van der Waals surface area contributed by atoms with Crippen molar-refractivity contribution in [3.63, 3.8) is 0 Å². The Morgan fingerprint density at radius 2 is 1.89 bits per heavy atom. The van der Waals surface area contributed by atoms with Gasteiger partial charge in [0.15, 0.2) is 0 Å². The lowest BCUT2D eigenvalue weighted by atomic mass is 9.95. The molecule has 0 aromatic carbocycles. The smallest absolute Gasteiger partial charge is 0.0775 e. The van der Waals surface area contributed by atoms with E-state index in [4.69, 9.17) is 4.74 Å². The minimum absolute atomic E-state index is 0.101. The summed E-state index contributed by atoms with van der Waals surface area (Å²) in [6.45, 7) is 12.6. The number of nitrogens with one attached hydrogen (secondary N) is 1. The first-order valence-corrected chi connectivity index (χ1v) is 7.93. The second-order valence-electron chi connectivity index (χ2n) is 5.95. The van der Waals surface area contributed by atoms with E-state index in [2.05, 4.69) is 49.7 Å². The van der Waals surface area contributed by atoms with Crippen LogP contribution < -0.4 is 5.32 Å². The number of likely N-dealkylation sites (N-methyl/N-ethyl adjacent to an activating group) is 1. The molecule has 1 N–H and O–H groups in total. The molecule has 0 bridgehead atoms. The number of ether oxygens (including phenoxy) is 1. The highest BCUT2D eigenvalue weighted by Gasteiger charge is 2.29. The van der Waals surface area contributed by atoms with Gasteiger partial charge in [-0.25, -0.2) is 0 Å². The minimum Gasteiger partial charge on any atom is -0.377 e. The summed E-state index contributed by atoms with van der Waals surface area (Å²) in [4.78, 5) is 2.60. The second-order valence-corrected chi connectivity index (χ2v) is 7.84. The Hall–Kier alpha value is 0.230. The van der Waals surface area contributed by atoms with Crippen molar-refractivity contribution in [2.24, 2.45) is 0 Å². The predicted molar refractivity (Wildman–Crippen MR) is 81.5 cm³/mol. The molecule has 3 atom stereocenters. The Kier molecular flexibility index (Phi) is 6.45. The van der Waals surface area contributed by atoms with Crippen LogP contribution in [0, 0.1) is 0 Å². The Morgan fingerprint density at radius 3 is 2.33 bits per heavy atom. The first-order chi connectivity index (χ1) is 8.39. The molecule has 0 aromatic rings. The van der Waals surface area contributed by atoms with Gasteiger partial charge in [-0.05, 0) is 33.9 Å². The SMILES string of the molecule is CNC(CCN1CC(C)SC(C)C1)C(C)(C)OC. The number of hydrogen-bond donors (Lipinski definition) is 1. The van der Waals surface area contributed by atoms with Gasteiger partial charge in [-0.15, -0.1) is 0 Å². The van der Waals surface area contributed by atoms with Gasteiger partial charge in [0.05, 0.1) is 5.60 Å². The highest BCUT2D eigenvalue weighted by atomic mass is 32.2. The summed E-state index contributed by atoms with van der Waals surface area (Å²) in [5.41, 5.74) is -0.101. The molecule has 0 aromatic heterocycles. The van der Waals surface area contributed by atoms with Crippen LogP contribution in [0.1, 0.15) is 34.1 Å². The summed E-state index contributed by atoms with van der Waals surface area (Å²) in [6, 6.07) is 0.405. The van der Waals surface area contributed by atoms with Crippen LogP contribution in [0.25, 0.3) is 0 Å². The number of thioether (sulfide) groups is 1. The van der Waals surface area contributed by atoms with Crippen LogP contribution in [0.2, 0.25) is 0 Å². The van der Waals surface area contributed by atoms with Crippen LogP contribution in [0.5, 0.6) is 0 Å². The van der Waals surface area contributed by atoms with E-state index in [1.807, 2.05) is 7.05 Å². The molecular formula is C14H30N2OS. The molecule has 1 heterocycles. The molecule has 3 unspecified atom stereocenters. The Morgan fingerprint density at radius 1 is 1.33 bits per heavy atom. The monoisotopic (exact) mass is 274 g/mol. The predicted octanol–water partition coefficient (Wildman–Crippen LogP) is 2.22. The lowest BCUT2D eigenvalue weighted by Crippen LogP contribution is -2.49. The van der Waals surface area contributed by atoms with Crippen LogP contribution in [0.15, 0.2) is 0 Å². The van der Waals surface area contributed by atoms with Crippen molar-refractivity contribution in [2.75, 3.05) is 33.8 Å². The largest absolute Gasteiger partial charge is 0.377 e. The van der Waals surface area contributed by atoms with Crippen molar-refractivity contribution in [3.05, 3.63) is 0 Å². The Labute approximate surface area is 117 Å². The maximum absolute atomic E-state index is 5.59. The molecular weight excluding hydrogens is 244 g/mol. The van der Waals surface area contributed by atoms with Crippen molar-refractivity contribution in [3.8, 4) is 0 Å². The molecule has 0 radical (unpaired) electrons. The van der Waals surface area contributed by atoms with Gasteiger partial charge in [0.2, 0.25) is 0 Å². The van der Waals surface area contributed by atoms with Gasteiger partial charge < -0.3 is 15.0 Å². The van der Waals surface area contributed by atoms with Gasteiger partial charge in [0.25, 0.3) is 0 Å². The molecule has 3 nitrogen and oxygen atoms in total. The number of nitrogens with zero attached hydrogens (tertiary/aromatic N) is 1. The fourth-order valence-corrected chi connectivity index (χ4v) is 4.15. The fraction of sp³-hybridized carbons (Fsp3) is 1.00. The molecule has 18 heavy (non-hydrogen) atoms. The van der Waals surface area contributed by atoms with Gasteiger partial charge in [0, 0.05) is 36.7 Å². The number of methoxy groups -OCH3 is 1. The van der Waals surface area contributed by atoms with E-state index in [0.29, 0.717) is 6.04 Å². The summed E-state index contributed by atoms with van der Waals surface area (Å²) < 4.78 is 5.59. The van der Waals surface area contributed by atoms with Crippen LogP contribution in [0.4, 0.5) is 0 Å². The summed E-state index contributed by atoms with van der Waals surface area (Å²) >= 11 is 2.11. The normalized spacial score (nSPS) is 28.3. The topological polar surface area (TPSA) is 24.5 Å². The standard InChI is InChI=1S/C14H30N2OS/c1-11-9-16(10-12(2)18-11)8-7-13(15-5)14(3,4)17-6/h11-13,15H,7-10H2,1-6H3. The van der Waals surface area contributed by atoms with Crippen molar-refractivity contribution in [1.29, 1.82) is 0 Å². The number of rotatable bonds is 6. The van der Waals surface area contributed by atoms with Crippen molar-refractivity contribution >= 4 is 11.8 Å². The lowest BCUT2D eigenvalue weighted by molar-refractivity contribution is -0.0128. The molecule has 1 rings (SSSR count). The molecule has 4 heteroatoms. The van der Waals surface area contributed by atoms with E-state index in [-0.39, 0.29) is 5.60 Å². The van der Waals surface area contributed by atoms with Gasteiger partial charge in [-0.2, -0.15) is 11.8 Å². The average Bonchev–Trinajstić information content (AvgIpc) is 2.28. The zero-order chi connectivity index (χ0) is 13.8. The fourth-order valence-electron chi connectivity index (χ4n) is 2.76. The quantitative estimate of drug-likeness (QED) is 0.803. The van der Waals surface area contributed by atoms with Crippen LogP contribution in [-0.2, 0) is 4.74 Å². The van der Waals surface area contributed by atoms with Gasteiger partial charge >= 0.3 is 0 Å². The van der Waals surface area contributed by atoms with Crippen molar-refractivity contribution in [1.82, 2.24) is 10.2 Å². The average molecular weight is 274 g/mol. The molecule has 1 saturated heterocycles. The molecule has 1 fully saturated rings. The highest BCUT2D eigenvalue weighted by molar-refractivity contribution is 8.00. The molecule has 0 aliphatic carbocycles. The molecule has 0 saturated carbocycles. The van der Waals surface area contributed by atoms with Gasteiger partial charge in [-0.1, -0.05) is 13.8 Å². The molecule has 0 spiro atoms. The zero-order valence-electron chi connectivity index (χ0n) is 12.8. The van der Waals surface area contributed by atoms with Gasteiger partial charge in [0.1, 0.15) is 0 Å². The third kappa shape index (κ3) is 4.72. The second kappa shape index (κ2) is 7.13. The summed E-state index contributed by atoms with van der Waals surface area (Å²) in [7, 11) is 3.83. The van der Waals surface area contributed by atoms with E-state index in [1.165, 1.54) is 13.1 Å². The van der Waals surface area contributed by atoms with E-state index in [0.717, 1.165) is 23.5 Å². The molecule has 0 amide bonds. The van der Waals surface area contributed by atoms with Crippen molar-refractivity contribution < 1.29 is 4.74 Å². The minimum atomic E-state index is -0.101. The van der Waals surface area contributed by atoms with E-state index in [1.54, 1.807) is 7.11 Å². The van der Waals surface area contributed by atoms with Crippen LogP contribution >= 0.6 is 11.8 Å². The van der Waals surface area contributed by atoms with Gasteiger partial charge in [-0.3, -0.25) is 0 Å². The van der Waals surface area contributed by atoms with E-state index < -0.39 is 0 Å². The van der Waals surface area contributed by atoms with Crippen LogP contribution in [0.3, 0.4) is 0 Å². The maximum Gasteiger partial charge on any atom is 0.0775 e. The van der Waals surface area contributed by atoms with Crippen LogP contribution in [-0.4, -0.2) is 60.8 Å². The summed E-state index contributed by atoms with van der Waals surface area (Å²) in [5, 5.41) is 4.92. The Balaban J connectivity index is 2.43. The molecule has 1 aliphatic heterocycles. The van der Waals surface area contributed by atoms with Crippen molar-refractivity contribution in [2.45, 2.75) is 56.3 Å². The highest BCUT2D eigenvalue weighted by Crippen LogP contribution is 2.25. The first-order valence-electron chi connectivity index (χ1n) is 6.99. The van der Waals surface area contributed by atoms with E-state index >= 15 is 0 Å². The zero-order valence-corrected chi connectivity index (χ0v) is 13.6. The summed E-state index contributed by atoms with van der Waals surface area (Å²) in [5.74, 6) is 0. The maximum atomic E-state index is 5.59.